The van der Waals surface area contributed by atoms with E-state index in [1.54, 1.807) is 0 Å². The maximum atomic E-state index is 3.54. The Morgan fingerprint density at radius 2 is 1.60 bits per heavy atom. The van der Waals surface area contributed by atoms with Gasteiger partial charge in [-0.25, -0.2) is 0 Å². The third kappa shape index (κ3) is 1.94. The third-order valence-electron chi connectivity index (χ3n) is 4.96. The average molecular weight is 208 g/mol. The molecule has 0 aromatic rings. The Labute approximate surface area is 93.4 Å². The summed E-state index contributed by atoms with van der Waals surface area (Å²) in [6.45, 7) is 7.75. The Hall–Kier alpha value is -0.0800. The molecule has 0 spiro atoms. The minimum atomic E-state index is 0.939. The van der Waals surface area contributed by atoms with Crippen LogP contribution in [0.3, 0.4) is 0 Å². The molecule has 2 nitrogen and oxygen atoms in total. The maximum Gasteiger partial charge on any atom is 0.0102 e. The van der Waals surface area contributed by atoms with Crippen molar-refractivity contribution in [3.8, 4) is 0 Å². The molecular formula is C13H24N2. The van der Waals surface area contributed by atoms with Gasteiger partial charge in [-0.1, -0.05) is 6.92 Å². The lowest BCUT2D eigenvalue weighted by Crippen LogP contribution is -2.40. The molecule has 0 unspecified atom stereocenters. The fourth-order valence-electron chi connectivity index (χ4n) is 3.83. The van der Waals surface area contributed by atoms with Crippen LogP contribution in [-0.2, 0) is 0 Å². The van der Waals surface area contributed by atoms with Crippen molar-refractivity contribution in [3.05, 3.63) is 0 Å². The highest BCUT2D eigenvalue weighted by Crippen LogP contribution is 2.38. The molecule has 1 aliphatic carbocycles. The maximum absolute atomic E-state index is 3.54. The van der Waals surface area contributed by atoms with Gasteiger partial charge in [0.05, 0.1) is 0 Å². The SMILES string of the molecule is CC1CCN(C2C[C@@H]3CNC[C@H]3C2)CC1. The van der Waals surface area contributed by atoms with Crippen LogP contribution in [0.1, 0.15) is 32.6 Å². The van der Waals surface area contributed by atoms with Gasteiger partial charge in [-0.05, 0) is 69.6 Å². The van der Waals surface area contributed by atoms with Crippen LogP contribution >= 0.6 is 0 Å². The Kier molecular flexibility index (Phi) is 2.73. The zero-order valence-electron chi connectivity index (χ0n) is 9.91. The van der Waals surface area contributed by atoms with Crippen molar-refractivity contribution in [1.82, 2.24) is 10.2 Å². The molecule has 2 saturated heterocycles. The van der Waals surface area contributed by atoms with Gasteiger partial charge < -0.3 is 10.2 Å². The van der Waals surface area contributed by atoms with E-state index in [1.807, 2.05) is 0 Å². The minimum absolute atomic E-state index is 0.939. The highest BCUT2D eigenvalue weighted by molar-refractivity contribution is 4.95. The van der Waals surface area contributed by atoms with Crippen molar-refractivity contribution in [2.75, 3.05) is 26.2 Å². The van der Waals surface area contributed by atoms with Gasteiger partial charge in [0.1, 0.15) is 0 Å². The summed E-state index contributed by atoms with van der Waals surface area (Å²) in [6.07, 6.45) is 5.83. The van der Waals surface area contributed by atoms with Gasteiger partial charge in [-0.3, -0.25) is 0 Å². The summed E-state index contributed by atoms with van der Waals surface area (Å²) in [7, 11) is 0. The average Bonchev–Trinajstić information content (AvgIpc) is 2.78. The number of fused-ring (bicyclic) bond motifs is 1. The Balaban J connectivity index is 1.56. The predicted octanol–water partition coefficient (Wildman–Crippen LogP) is 1.72. The van der Waals surface area contributed by atoms with Crippen molar-refractivity contribution < 1.29 is 0 Å². The lowest BCUT2D eigenvalue weighted by molar-refractivity contribution is 0.135. The molecule has 15 heavy (non-hydrogen) atoms. The van der Waals surface area contributed by atoms with Crippen LogP contribution in [0.2, 0.25) is 0 Å². The summed E-state index contributed by atoms with van der Waals surface area (Å²) in [4.78, 5) is 2.79. The fraction of sp³-hybridized carbons (Fsp3) is 1.00. The molecule has 1 N–H and O–H groups in total. The monoisotopic (exact) mass is 208 g/mol. The largest absolute Gasteiger partial charge is 0.316 e. The van der Waals surface area contributed by atoms with Gasteiger partial charge in [0.15, 0.2) is 0 Å². The standard InChI is InChI=1S/C13H24N2/c1-10-2-4-15(5-3-10)13-6-11-8-14-9-12(11)7-13/h10-14H,2-9H2,1H3/t11-,12-/m1/s1. The van der Waals surface area contributed by atoms with Crippen LogP contribution in [0.5, 0.6) is 0 Å². The highest BCUT2D eigenvalue weighted by Gasteiger charge is 2.39. The summed E-state index contributed by atoms with van der Waals surface area (Å²) in [6, 6.07) is 0.939. The number of piperidine rings is 1. The first kappa shape index (κ1) is 10.1. The van der Waals surface area contributed by atoms with Gasteiger partial charge >= 0.3 is 0 Å². The molecule has 0 bridgehead atoms. The van der Waals surface area contributed by atoms with E-state index in [1.165, 1.54) is 51.9 Å². The molecule has 2 atom stereocenters. The zero-order valence-corrected chi connectivity index (χ0v) is 9.91. The summed E-state index contributed by atoms with van der Waals surface area (Å²) in [5, 5.41) is 3.54. The van der Waals surface area contributed by atoms with Crippen LogP contribution < -0.4 is 5.32 Å². The Bertz CT molecular complexity index is 209. The van der Waals surface area contributed by atoms with E-state index in [2.05, 4.69) is 17.1 Å². The van der Waals surface area contributed by atoms with E-state index in [0.717, 1.165) is 23.8 Å². The summed E-state index contributed by atoms with van der Waals surface area (Å²) >= 11 is 0. The minimum Gasteiger partial charge on any atom is -0.316 e. The van der Waals surface area contributed by atoms with Gasteiger partial charge in [0.2, 0.25) is 0 Å². The van der Waals surface area contributed by atoms with E-state index in [0.29, 0.717) is 0 Å². The van der Waals surface area contributed by atoms with Gasteiger partial charge in [0.25, 0.3) is 0 Å². The van der Waals surface area contributed by atoms with Crippen molar-refractivity contribution in [2.45, 2.75) is 38.6 Å². The first-order valence-electron chi connectivity index (χ1n) is 6.77. The highest BCUT2D eigenvalue weighted by atomic mass is 15.2. The lowest BCUT2D eigenvalue weighted by atomic mass is 9.97. The molecule has 2 heteroatoms. The fourth-order valence-corrected chi connectivity index (χ4v) is 3.83. The molecule has 0 aromatic heterocycles. The first-order valence-corrected chi connectivity index (χ1v) is 6.77. The molecule has 3 aliphatic rings. The van der Waals surface area contributed by atoms with E-state index >= 15 is 0 Å². The van der Waals surface area contributed by atoms with E-state index in [4.69, 9.17) is 0 Å². The van der Waals surface area contributed by atoms with Gasteiger partial charge in [0, 0.05) is 6.04 Å². The molecule has 0 radical (unpaired) electrons. The molecule has 2 heterocycles. The molecule has 0 aromatic carbocycles. The Morgan fingerprint density at radius 3 is 2.20 bits per heavy atom. The zero-order chi connectivity index (χ0) is 10.3. The number of rotatable bonds is 1. The van der Waals surface area contributed by atoms with Crippen molar-refractivity contribution in [1.29, 1.82) is 0 Å². The first-order chi connectivity index (χ1) is 7.33. The predicted molar refractivity (Wildman–Crippen MR) is 62.8 cm³/mol. The van der Waals surface area contributed by atoms with Crippen molar-refractivity contribution in [3.63, 3.8) is 0 Å². The number of hydrogen-bond donors (Lipinski definition) is 1. The number of likely N-dealkylation sites (tertiary alicyclic amines) is 1. The normalized spacial score (nSPS) is 39.8. The summed E-state index contributed by atoms with van der Waals surface area (Å²) in [5.41, 5.74) is 0. The van der Waals surface area contributed by atoms with E-state index in [-0.39, 0.29) is 0 Å². The molecule has 3 rings (SSSR count). The van der Waals surface area contributed by atoms with Gasteiger partial charge in [-0.2, -0.15) is 0 Å². The third-order valence-corrected chi connectivity index (χ3v) is 4.96. The number of nitrogens with one attached hydrogen (secondary N) is 1. The molecule has 3 fully saturated rings. The van der Waals surface area contributed by atoms with Crippen LogP contribution in [0.25, 0.3) is 0 Å². The molecule has 0 amide bonds. The number of hydrogen-bond acceptors (Lipinski definition) is 2. The molecule has 2 aliphatic heterocycles. The second-order valence-corrected chi connectivity index (χ2v) is 6.02. The van der Waals surface area contributed by atoms with E-state index in [9.17, 15) is 0 Å². The molecule has 86 valence electrons. The molecular weight excluding hydrogens is 184 g/mol. The summed E-state index contributed by atoms with van der Waals surface area (Å²) in [5.74, 6) is 2.99. The van der Waals surface area contributed by atoms with Crippen LogP contribution in [0.15, 0.2) is 0 Å². The number of nitrogens with zero attached hydrogens (tertiary/aromatic N) is 1. The second kappa shape index (κ2) is 4.06. The summed E-state index contributed by atoms with van der Waals surface area (Å²) < 4.78 is 0. The lowest BCUT2D eigenvalue weighted by Gasteiger charge is -2.35. The van der Waals surface area contributed by atoms with Crippen LogP contribution in [-0.4, -0.2) is 37.1 Å². The van der Waals surface area contributed by atoms with Gasteiger partial charge in [-0.15, -0.1) is 0 Å². The smallest absolute Gasteiger partial charge is 0.0102 e. The topological polar surface area (TPSA) is 15.3 Å². The van der Waals surface area contributed by atoms with Crippen molar-refractivity contribution in [2.24, 2.45) is 17.8 Å². The van der Waals surface area contributed by atoms with Crippen molar-refractivity contribution >= 4 is 0 Å². The quantitative estimate of drug-likeness (QED) is 0.706. The van der Waals surface area contributed by atoms with Crippen LogP contribution in [0, 0.1) is 17.8 Å². The van der Waals surface area contributed by atoms with Crippen LogP contribution in [0.4, 0.5) is 0 Å². The second-order valence-electron chi connectivity index (χ2n) is 6.02. The molecule has 1 saturated carbocycles. The van der Waals surface area contributed by atoms with E-state index < -0.39 is 0 Å². The Morgan fingerprint density at radius 1 is 1.00 bits per heavy atom.